The Balaban J connectivity index is 3.60. The van der Waals surface area contributed by atoms with E-state index in [1.54, 1.807) is 0 Å². The molecule has 0 aliphatic heterocycles. The Kier molecular flexibility index (Phi) is 14.2. The third-order valence-corrected chi connectivity index (χ3v) is 4.32. The summed E-state index contributed by atoms with van der Waals surface area (Å²) in [6.07, 6.45) is 6.08. The highest BCUT2D eigenvalue weighted by atomic mass is 28.3. The summed E-state index contributed by atoms with van der Waals surface area (Å²) < 4.78 is 5.84. The van der Waals surface area contributed by atoms with Crippen molar-refractivity contribution in [1.82, 2.24) is 15.3 Å². The molecule has 0 spiro atoms. The highest BCUT2D eigenvalue weighted by Gasteiger charge is 2.09. The minimum Gasteiger partial charge on any atom is -0.381 e. The van der Waals surface area contributed by atoms with Crippen LogP contribution in [0, 0.1) is 0 Å². The van der Waals surface area contributed by atoms with Gasteiger partial charge in [-0.3, -0.25) is 5.32 Å². The van der Waals surface area contributed by atoms with E-state index in [9.17, 15) is 0 Å². The molecular formula is C12H31N3OSi. The second kappa shape index (κ2) is 14.1. The normalized spacial score (nSPS) is 11.3. The molecule has 0 fully saturated rings. The van der Waals surface area contributed by atoms with Crippen LogP contribution in [0.2, 0.25) is 0 Å². The largest absolute Gasteiger partial charge is 0.381 e. The van der Waals surface area contributed by atoms with E-state index in [4.69, 9.17) is 4.43 Å². The van der Waals surface area contributed by atoms with E-state index >= 15 is 0 Å². The molecule has 0 aromatic carbocycles. The molecule has 0 aromatic heterocycles. The predicted octanol–water partition coefficient (Wildman–Crippen LogP) is 1.46. The summed E-state index contributed by atoms with van der Waals surface area (Å²) >= 11 is 0. The summed E-state index contributed by atoms with van der Waals surface area (Å²) in [5.41, 5.74) is 0. The molecule has 0 rings (SSSR count). The maximum Gasteiger partial charge on any atom is 0.336 e. The van der Waals surface area contributed by atoms with Gasteiger partial charge in [0.1, 0.15) is 0 Å². The molecule has 0 saturated heterocycles. The van der Waals surface area contributed by atoms with E-state index in [0.29, 0.717) is 6.73 Å². The molecule has 104 valence electrons. The SMILES string of the molecule is CCCCN[SiH](NCCCC)OCNCCC. The fourth-order valence-electron chi connectivity index (χ4n) is 1.40. The van der Waals surface area contributed by atoms with Gasteiger partial charge in [0.05, 0.1) is 6.73 Å². The van der Waals surface area contributed by atoms with Crippen LogP contribution in [0.15, 0.2) is 0 Å². The second-order valence-corrected chi connectivity index (χ2v) is 6.22. The second-order valence-electron chi connectivity index (χ2n) is 4.31. The zero-order valence-corrected chi connectivity index (χ0v) is 13.0. The van der Waals surface area contributed by atoms with Crippen molar-refractivity contribution >= 4 is 9.36 Å². The van der Waals surface area contributed by atoms with E-state index < -0.39 is 9.36 Å². The van der Waals surface area contributed by atoms with Crippen molar-refractivity contribution in [3.05, 3.63) is 0 Å². The van der Waals surface area contributed by atoms with Crippen LogP contribution in [-0.4, -0.2) is 35.7 Å². The lowest BCUT2D eigenvalue weighted by molar-refractivity contribution is 0.270. The van der Waals surface area contributed by atoms with Gasteiger partial charge in [0.2, 0.25) is 0 Å². The van der Waals surface area contributed by atoms with Gasteiger partial charge in [-0.25, -0.2) is 0 Å². The fourth-order valence-corrected chi connectivity index (χ4v) is 3.00. The summed E-state index contributed by atoms with van der Waals surface area (Å²) in [4.78, 5) is 7.04. The Morgan fingerprint density at radius 2 is 1.41 bits per heavy atom. The lowest BCUT2D eigenvalue weighted by atomic mass is 10.3. The Bertz CT molecular complexity index is 140. The molecule has 0 heterocycles. The van der Waals surface area contributed by atoms with Gasteiger partial charge in [0.15, 0.2) is 0 Å². The summed E-state index contributed by atoms with van der Waals surface area (Å²) in [6, 6.07) is 0. The van der Waals surface area contributed by atoms with Crippen molar-refractivity contribution < 1.29 is 4.43 Å². The summed E-state index contributed by atoms with van der Waals surface area (Å²) in [6.45, 7) is 10.4. The van der Waals surface area contributed by atoms with Gasteiger partial charge in [0.25, 0.3) is 0 Å². The zero-order valence-electron chi connectivity index (χ0n) is 11.8. The van der Waals surface area contributed by atoms with Gasteiger partial charge in [-0.2, -0.15) is 0 Å². The van der Waals surface area contributed by atoms with Gasteiger partial charge < -0.3 is 14.4 Å². The Morgan fingerprint density at radius 1 is 0.824 bits per heavy atom. The van der Waals surface area contributed by atoms with Crippen LogP contribution in [0.1, 0.15) is 52.9 Å². The highest BCUT2D eigenvalue weighted by molar-refractivity contribution is 6.45. The van der Waals surface area contributed by atoms with Crippen molar-refractivity contribution in [2.24, 2.45) is 0 Å². The quantitative estimate of drug-likeness (QED) is 0.267. The van der Waals surface area contributed by atoms with Gasteiger partial charge in [-0.1, -0.05) is 33.6 Å². The van der Waals surface area contributed by atoms with Crippen molar-refractivity contribution in [2.75, 3.05) is 26.4 Å². The number of unbranched alkanes of at least 4 members (excludes halogenated alkanes) is 2. The minimum atomic E-state index is -1.40. The molecule has 0 saturated carbocycles. The summed E-state index contributed by atoms with van der Waals surface area (Å²) in [7, 11) is -1.40. The smallest absolute Gasteiger partial charge is 0.336 e. The van der Waals surface area contributed by atoms with Crippen molar-refractivity contribution in [2.45, 2.75) is 52.9 Å². The monoisotopic (exact) mass is 261 g/mol. The number of nitrogens with one attached hydrogen (secondary N) is 3. The van der Waals surface area contributed by atoms with E-state index in [0.717, 1.165) is 26.1 Å². The Hall–Kier alpha value is 0.0569. The number of rotatable bonds is 13. The van der Waals surface area contributed by atoms with Crippen LogP contribution in [0.5, 0.6) is 0 Å². The molecule has 4 nitrogen and oxygen atoms in total. The van der Waals surface area contributed by atoms with Crippen LogP contribution in [0.4, 0.5) is 0 Å². The van der Waals surface area contributed by atoms with Gasteiger partial charge in [0, 0.05) is 0 Å². The molecule has 17 heavy (non-hydrogen) atoms. The van der Waals surface area contributed by atoms with E-state index in [2.05, 4.69) is 36.1 Å². The third kappa shape index (κ3) is 12.3. The van der Waals surface area contributed by atoms with Crippen molar-refractivity contribution in [3.63, 3.8) is 0 Å². The van der Waals surface area contributed by atoms with Crippen LogP contribution >= 0.6 is 0 Å². The van der Waals surface area contributed by atoms with Crippen LogP contribution in [0.3, 0.4) is 0 Å². The highest BCUT2D eigenvalue weighted by Crippen LogP contribution is 1.87. The molecule has 5 heteroatoms. The minimum absolute atomic E-state index is 0.670. The molecule has 0 aromatic rings. The standard InChI is InChI=1S/C12H31N3OSi/c1-4-7-10-14-17(15-11-8-5-2)16-12-13-9-6-3/h13-15,17H,4-12H2,1-3H3. The molecule has 0 atom stereocenters. The Morgan fingerprint density at radius 3 is 1.88 bits per heavy atom. The predicted molar refractivity (Wildman–Crippen MR) is 77.2 cm³/mol. The van der Waals surface area contributed by atoms with Crippen LogP contribution < -0.4 is 15.3 Å². The first-order valence-corrected chi connectivity index (χ1v) is 8.76. The number of hydrogen-bond acceptors (Lipinski definition) is 4. The molecule has 0 bridgehead atoms. The maximum atomic E-state index is 5.84. The molecule has 0 aliphatic rings. The van der Waals surface area contributed by atoms with Gasteiger partial charge >= 0.3 is 9.36 Å². The van der Waals surface area contributed by atoms with E-state index in [1.165, 1.54) is 25.7 Å². The maximum absolute atomic E-state index is 5.84. The topological polar surface area (TPSA) is 45.3 Å². The van der Waals surface area contributed by atoms with Gasteiger partial charge in [-0.15, -0.1) is 0 Å². The first kappa shape index (κ1) is 17.1. The fraction of sp³-hybridized carbons (Fsp3) is 1.00. The average Bonchev–Trinajstić information content (AvgIpc) is 2.34. The molecule has 0 radical (unpaired) electrons. The van der Waals surface area contributed by atoms with Crippen LogP contribution in [-0.2, 0) is 4.43 Å². The van der Waals surface area contributed by atoms with Gasteiger partial charge in [-0.05, 0) is 38.9 Å². The van der Waals surface area contributed by atoms with E-state index in [-0.39, 0.29) is 0 Å². The lowest BCUT2D eigenvalue weighted by Gasteiger charge is -2.18. The summed E-state index contributed by atoms with van der Waals surface area (Å²) in [5, 5.41) is 3.28. The zero-order chi connectivity index (χ0) is 12.8. The van der Waals surface area contributed by atoms with Crippen molar-refractivity contribution in [3.8, 4) is 0 Å². The first-order chi connectivity index (χ1) is 8.35. The molecule has 3 N–H and O–H groups in total. The third-order valence-electron chi connectivity index (χ3n) is 2.50. The Labute approximate surface area is 109 Å². The van der Waals surface area contributed by atoms with Crippen LogP contribution in [0.25, 0.3) is 0 Å². The average molecular weight is 261 g/mol. The molecule has 0 unspecified atom stereocenters. The molecular weight excluding hydrogens is 230 g/mol. The molecule has 0 amide bonds. The van der Waals surface area contributed by atoms with Crippen molar-refractivity contribution in [1.29, 1.82) is 0 Å². The lowest BCUT2D eigenvalue weighted by Crippen LogP contribution is -2.51. The first-order valence-electron chi connectivity index (χ1n) is 7.14. The van der Waals surface area contributed by atoms with E-state index in [1.807, 2.05) is 0 Å². The summed E-state index contributed by atoms with van der Waals surface area (Å²) in [5.74, 6) is 0. The number of hydrogen-bond donors (Lipinski definition) is 3. The molecule has 0 aliphatic carbocycles.